The second-order valence-corrected chi connectivity index (χ2v) is 8.85. The highest BCUT2D eigenvalue weighted by molar-refractivity contribution is 6.71. The van der Waals surface area contributed by atoms with E-state index in [0.717, 1.165) is 6.04 Å². The summed E-state index contributed by atoms with van der Waals surface area (Å²) in [5.41, 5.74) is 0. The van der Waals surface area contributed by atoms with E-state index < -0.39 is 8.56 Å². The second kappa shape index (κ2) is 5.46. The maximum atomic E-state index is 8.69. The van der Waals surface area contributed by atoms with E-state index in [1.165, 1.54) is 0 Å². The third kappa shape index (κ3) is 2.55. The molecule has 0 spiro atoms. The number of nitriles is 1. The Balaban J connectivity index is 4.87. The Kier molecular flexibility index (Phi) is 5.30. The molecule has 0 aliphatic rings. The van der Waals surface area contributed by atoms with Gasteiger partial charge in [-0.3, -0.25) is 0 Å². The van der Waals surface area contributed by atoms with Crippen molar-refractivity contribution in [1.29, 1.82) is 5.26 Å². The molecule has 0 N–H and O–H groups in total. The molecule has 0 saturated heterocycles. The molecule has 82 valence electrons. The quantitative estimate of drug-likeness (QED) is 0.625. The van der Waals surface area contributed by atoms with E-state index in [9.17, 15) is 0 Å². The smallest absolute Gasteiger partial charge is 0.289 e. The van der Waals surface area contributed by atoms with Crippen LogP contribution in [0.5, 0.6) is 0 Å². The zero-order chi connectivity index (χ0) is 11.4. The van der Waals surface area contributed by atoms with Crippen LogP contribution in [0.4, 0.5) is 0 Å². The minimum atomic E-state index is -1.77. The number of nitrogens with zero attached hydrogens (tertiary/aromatic N) is 4. The van der Waals surface area contributed by atoms with Crippen LogP contribution in [0.2, 0.25) is 6.04 Å². The maximum Gasteiger partial charge on any atom is 0.289 e. The molecular formula is C9H22N4Si. The van der Waals surface area contributed by atoms with Crippen LogP contribution in [-0.4, -0.2) is 64.5 Å². The summed E-state index contributed by atoms with van der Waals surface area (Å²) in [5, 5.41) is 8.69. The fourth-order valence-electron chi connectivity index (χ4n) is 2.09. The van der Waals surface area contributed by atoms with Crippen molar-refractivity contribution in [2.75, 3.05) is 42.3 Å². The molecule has 0 heterocycles. The van der Waals surface area contributed by atoms with E-state index in [0.29, 0.717) is 6.42 Å². The Labute approximate surface area is 89.0 Å². The van der Waals surface area contributed by atoms with E-state index >= 15 is 0 Å². The van der Waals surface area contributed by atoms with Gasteiger partial charge in [-0.25, -0.2) is 0 Å². The maximum absolute atomic E-state index is 8.69. The summed E-state index contributed by atoms with van der Waals surface area (Å²) in [7, 11) is 10.8. The Morgan fingerprint density at radius 3 is 1.50 bits per heavy atom. The number of hydrogen-bond acceptors (Lipinski definition) is 4. The SMILES string of the molecule is CN(C)[Si](CCC#N)(N(C)C)N(C)C. The third-order valence-corrected chi connectivity index (χ3v) is 7.94. The molecule has 0 aliphatic carbocycles. The standard InChI is InChI=1S/C9H22N4Si/c1-11(2)14(12(3)4,13(5)6)9-7-8-10/h7,9H2,1-6H3. The van der Waals surface area contributed by atoms with Gasteiger partial charge in [0.2, 0.25) is 0 Å². The van der Waals surface area contributed by atoms with Gasteiger partial charge in [-0.05, 0) is 48.3 Å². The zero-order valence-corrected chi connectivity index (χ0v) is 11.2. The summed E-state index contributed by atoms with van der Waals surface area (Å²) in [5.74, 6) is 0. The predicted molar refractivity (Wildman–Crippen MR) is 61.9 cm³/mol. The average Bonchev–Trinajstić information content (AvgIpc) is 2.03. The minimum absolute atomic E-state index is 0.626. The molecular weight excluding hydrogens is 192 g/mol. The van der Waals surface area contributed by atoms with Crippen molar-refractivity contribution in [3.8, 4) is 6.07 Å². The van der Waals surface area contributed by atoms with Crippen LogP contribution in [0.15, 0.2) is 0 Å². The molecule has 0 aromatic heterocycles. The van der Waals surface area contributed by atoms with Crippen molar-refractivity contribution in [2.24, 2.45) is 0 Å². The monoisotopic (exact) mass is 214 g/mol. The molecule has 14 heavy (non-hydrogen) atoms. The molecule has 0 saturated carbocycles. The number of hydrogen-bond donors (Lipinski definition) is 0. The van der Waals surface area contributed by atoms with Crippen LogP contribution < -0.4 is 0 Å². The zero-order valence-electron chi connectivity index (χ0n) is 10.2. The Morgan fingerprint density at radius 2 is 1.29 bits per heavy atom. The van der Waals surface area contributed by atoms with Gasteiger partial charge >= 0.3 is 0 Å². The van der Waals surface area contributed by atoms with Crippen LogP contribution in [0, 0.1) is 11.3 Å². The molecule has 0 aromatic carbocycles. The molecule has 4 nitrogen and oxygen atoms in total. The fraction of sp³-hybridized carbons (Fsp3) is 0.889. The first-order valence-corrected chi connectivity index (χ1v) is 6.83. The van der Waals surface area contributed by atoms with E-state index in [2.05, 4.69) is 62.1 Å². The Bertz CT molecular complexity index is 186. The summed E-state index contributed by atoms with van der Waals surface area (Å²) in [4.78, 5) is 0. The molecule has 0 rings (SSSR count). The van der Waals surface area contributed by atoms with Crippen LogP contribution in [0.25, 0.3) is 0 Å². The van der Waals surface area contributed by atoms with Crippen molar-refractivity contribution in [1.82, 2.24) is 13.7 Å². The predicted octanol–water partition coefficient (Wildman–Crippen LogP) is 0.524. The lowest BCUT2D eigenvalue weighted by Crippen LogP contribution is -2.69. The summed E-state index contributed by atoms with van der Waals surface area (Å²) >= 11 is 0. The van der Waals surface area contributed by atoms with Gasteiger partial charge in [-0.1, -0.05) is 0 Å². The van der Waals surface area contributed by atoms with Crippen LogP contribution >= 0.6 is 0 Å². The molecule has 0 atom stereocenters. The van der Waals surface area contributed by atoms with Crippen molar-refractivity contribution >= 4 is 8.56 Å². The second-order valence-electron chi connectivity index (χ2n) is 4.12. The largest absolute Gasteiger partial charge is 0.305 e. The van der Waals surface area contributed by atoms with Crippen LogP contribution in [0.3, 0.4) is 0 Å². The average molecular weight is 214 g/mol. The highest BCUT2D eigenvalue weighted by Crippen LogP contribution is 2.19. The Morgan fingerprint density at radius 1 is 0.929 bits per heavy atom. The molecule has 0 amide bonds. The van der Waals surface area contributed by atoms with Crippen molar-refractivity contribution in [3.05, 3.63) is 0 Å². The summed E-state index contributed by atoms with van der Waals surface area (Å²) in [6, 6.07) is 3.20. The minimum Gasteiger partial charge on any atom is -0.305 e. The van der Waals surface area contributed by atoms with Crippen molar-refractivity contribution < 1.29 is 0 Å². The fourth-order valence-corrected chi connectivity index (χ4v) is 6.28. The third-order valence-electron chi connectivity index (χ3n) is 2.72. The molecule has 0 radical (unpaired) electrons. The molecule has 0 unspecified atom stereocenters. The van der Waals surface area contributed by atoms with Gasteiger partial charge in [0.25, 0.3) is 8.56 Å². The van der Waals surface area contributed by atoms with Crippen molar-refractivity contribution in [2.45, 2.75) is 12.5 Å². The van der Waals surface area contributed by atoms with E-state index in [4.69, 9.17) is 5.26 Å². The molecule has 0 aromatic rings. The summed E-state index contributed by atoms with van der Waals surface area (Å²) < 4.78 is 6.85. The van der Waals surface area contributed by atoms with Gasteiger partial charge in [0.15, 0.2) is 0 Å². The highest BCUT2D eigenvalue weighted by atomic mass is 28.4. The Hall–Kier alpha value is -0.413. The normalized spacial score (nSPS) is 12.6. The summed E-state index contributed by atoms with van der Waals surface area (Å²) in [6.07, 6.45) is 0.626. The van der Waals surface area contributed by atoms with Gasteiger partial charge in [0, 0.05) is 6.42 Å². The lowest BCUT2D eigenvalue weighted by atomic mass is 10.6. The van der Waals surface area contributed by atoms with Gasteiger partial charge in [-0.2, -0.15) is 5.26 Å². The first kappa shape index (κ1) is 13.6. The lowest BCUT2D eigenvalue weighted by molar-refractivity contribution is 0.376. The topological polar surface area (TPSA) is 33.5 Å². The van der Waals surface area contributed by atoms with E-state index in [1.54, 1.807) is 0 Å². The molecule has 0 aliphatic heterocycles. The first-order valence-electron chi connectivity index (χ1n) is 4.78. The van der Waals surface area contributed by atoms with Crippen LogP contribution in [0.1, 0.15) is 6.42 Å². The highest BCUT2D eigenvalue weighted by Gasteiger charge is 2.41. The van der Waals surface area contributed by atoms with Crippen molar-refractivity contribution in [3.63, 3.8) is 0 Å². The van der Waals surface area contributed by atoms with E-state index in [1.807, 2.05) is 0 Å². The van der Waals surface area contributed by atoms with Gasteiger partial charge < -0.3 is 13.7 Å². The lowest BCUT2D eigenvalue weighted by Gasteiger charge is -2.46. The van der Waals surface area contributed by atoms with Gasteiger partial charge in [-0.15, -0.1) is 0 Å². The first-order chi connectivity index (χ1) is 6.39. The molecule has 5 heteroatoms. The van der Waals surface area contributed by atoms with Gasteiger partial charge in [0.05, 0.1) is 6.07 Å². The van der Waals surface area contributed by atoms with E-state index in [-0.39, 0.29) is 0 Å². The molecule has 0 bridgehead atoms. The van der Waals surface area contributed by atoms with Crippen LogP contribution in [-0.2, 0) is 0 Å². The molecule has 0 fully saturated rings. The summed E-state index contributed by atoms with van der Waals surface area (Å²) in [6.45, 7) is 0. The number of rotatable bonds is 5. The van der Waals surface area contributed by atoms with Gasteiger partial charge in [0.1, 0.15) is 0 Å².